The van der Waals surface area contributed by atoms with Gasteiger partial charge in [-0.1, -0.05) is 43.0 Å². The summed E-state index contributed by atoms with van der Waals surface area (Å²) < 4.78 is 5.21. The minimum atomic E-state index is -1.35. The van der Waals surface area contributed by atoms with Gasteiger partial charge in [0.15, 0.2) is 0 Å². The van der Waals surface area contributed by atoms with Crippen LogP contribution in [-0.4, -0.2) is 33.5 Å². The van der Waals surface area contributed by atoms with Gasteiger partial charge < -0.3 is 14.9 Å². The molecule has 0 fully saturated rings. The molecule has 0 radical (unpaired) electrons. The Labute approximate surface area is 139 Å². The van der Waals surface area contributed by atoms with Crippen LogP contribution < -0.4 is 5.56 Å². The summed E-state index contributed by atoms with van der Waals surface area (Å²) >= 11 is 0. The SMILES string of the molecule is C=CCOC(=O)[C@H]1[C@@H](c2ccccc2)c2c([nH][nH]c2=O)C[C@@]1(C)O. The summed E-state index contributed by atoms with van der Waals surface area (Å²) in [5, 5.41) is 16.3. The molecule has 2 aromatic rings. The number of H-pyrrole nitrogens is 2. The summed E-state index contributed by atoms with van der Waals surface area (Å²) in [6, 6.07) is 9.22. The van der Waals surface area contributed by atoms with Crippen molar-refractivity contribution in [3.63, 3.8) is 0 Å². The lowest BCUT2D eigenvalue weighted by Crippen LogP contribution is -2.50. The zero-order valence-electron chi connectivity index (χ0n) is 13.4. The first-order chi connectivity index (χ1) is 11.5. The van der Waals surface area contributed by atoms with E-state index in [1.807, 2.05) is 30.3 Å². The van der Waals surface area contributed by atoms with E-state index in [4.69, 9.17) is 4.74 Å². The van der Waals surface area contributed by atoms with E-state index in [9.17, 15) is 14.7 Å². The van der Waals surface area contributed by atoms with Crippen molar-refractivity contribution in [1.29, 1.82) is 0 Å². The Balaban J connectivity index is 2.16. The molecule has 0 amide bonds. The molecule has 1 aliphatic carbocycles. The third-order valence-corrected chi connectivity index (χ3v) is 4.50. The molecule has 3 N–H and O–H groups in total. The predicted octanol–water partition coefficient (Wildman–Crippen LogP) is 1.49. The Bertz CT molecular complexity index is 804. The van der Waals surface area contributed by atoms with Crippen molar-refractivity contribution in [2.45, 2.75) is 24.9 Å². The maximum absolute atomic E-state index is 12.6. The van der Waals surface area contributed by atoms with Crippen molar-refractivity contribution in [2.24, 2.45) is 5.92 Å². The number of fused-ring (bicyclic) bond motifs is 1. The van der Waals surface area contributed by atoms with Crippen molar-refractivity contribution < 1.29 is 14.6 Å². The lowest BCUT2D eigenvalue weighted by molar-refractivity contribution is -0.158. The van der Waals surface area contributed by atoms with Crippen LogP contribution in [0.5, 0.6) is 0 Å². The van der Waals surface area contributed by atoms with Gasteiger partial charge in [-0.2, -0.15) is 0 Å². The van der Waals surface area contributed by atoms with Crippen LogP contribution in [0.15, 0.2) is 47.8 Å². The molecule has 0 saturated carbocycles. The molecule has 1 aliphatic rings. The van der Waals surface area contributed by atoms with Gasteiger partial charge in [-0.25, -0.2) is 0 Å². The fourth-order valence-electron chi connectivity index (χ4n) is 3.51. The fraction of sp³-hybridized carbons (Fsp3) is 0.333. The molecular formula is C18H20N2O4. The lowest BCUT2D eigenvalue weighted by atomic mass is 9.66. The van der Waals surface area contributed by atoms with Gasteiger partial charge in [0, 0.05) is 23.6 Å². The van der Waals surface area contributed by atoms with Crippen molar-refractivity contribution in [1.82, 2.24) is 10.2 Å². The molecule has 6 heteroatoms. The molecule has 1 aromatic carbocycles. The normalized spacial score (nSPS) is 25.8. The second-order valence-corrected chi connectivity index (χ2v) is 6.29. The second-order valence-electron chi connectivity index (χ2n) is 6.29. The molecule has 3 atom stereocenters. The third-order valence-electron chi connectivity index (χ3n) is 4.50. The summed E-state index contributed by atoms with van der Waals surface area (Å²) in [6.45, 7) is 5.19. The van der Waals surface area contributed by atoms with E-state index in [2.05, 4.69) is 16.8 Å². The van der Waals surface area contributed by atoms with Crippen LogP contribution in [-0.2, 0) is 16.0 Å². The summed E-state index contributed by atoms with van der Waals surface area (Å²) in [7, 11) is 0. The number of aliphatic hydroxyl groups is 1. The summed E-state index contributed by atoms with van der Waals surface area (Å²) in [5.74, 6) is -2.01. The van der Waals surface area contributed by atoms with Crippen LogP contribution in [0, 0.1) is 5.92 Å². The number of rotatable bonds is 4. The molecule has 0 saturated heterocycles. The van der Waals surface area contributed by atoms with Gasteiger partial charge in [-0.05, 0) is 12.5 Å². The zero-order chi connectivity index (χ0) is 17.3. The van der Waals surface area contributed by atoms with Crippen molar-refractivity contribution in [2.75, 3.05) is 6.61 Å². The maximum atomic E-state index is 12.6. The Hall–Kier alpha value is -2.60. The molecule has 3 rings (SSSR count). The Morgan fingerprint density at radius 3 is 2.79 bits per heavy atom. The van der Waals surface area contributed by atoms with Crippen LogP contribution in [0.1, 0.15) is 29.7 Å². The maximum Gasteiger partial charge on any atom is 0.313 e. The number of nitrogens with one attached hydrogen (secondary N) is 2. The van der Waals surface area contributed by atoms with Gasteiger partial charge in [0.25, 0.3) is 5.56 Å². The molecule has 126 valence electrons. The number of hydrogen-bond donors (Lipinski definition) is 3. The van der Waals surface area contributed by atoms with E-state index in [-0.39, 0.29) is 18.6 Å². The number of benzene rings is 1. The largest absolute Gasteiger partial charge is 0.461 e. The number of aromatic nitrogens is 2. The van der Waals surface area contributed by atoms with Gasteiger partial charge in [0.05, 0.1) is 11.5 Å². The summed E-state index contributed by atoms with van der Waals surface area (Å²) in [4.78, 5) is 25.0. The van der Waals surface area contributed by atoms with E-state index in [0.717, 1.165) is 5.56 Å². The van der Waals surface area contributed by atoms with Crippen molar-refractivity contribution in [3.8, 4) is 0 Å². The summed E-state index contributed by atoms with van der Waals surface area (Å²) in [6.07, 6.45) is 1.64. The highest BCUT2D eigenvalue weighted by Gasteiger charge is 2.51. The van der Waals surface area contributed by atoms with Gasteiger partial charge in [0.1, 0.15) is 6.61 Å². The quantitative estimate of drug-likeness (QED) is 0.585. The van der Waals surface area contributed by atoms with E-state index < -0.39 is 23.4 Å². The highest BCUT2D eigenvalue weighted by atomic mass is 16.5. The van der Waals surface area contributed by atoms with Crippen LogP contribution in [0.2, 0.25) is 0 Å². The summed E-state index contributed by atoms with van der Waals surface area (Å²) in [5.41, 5.74) is 0.247. The second kappa shape index (κ2) is 6.13. The Morgan fingerprint density at radius 1 is 1.42 bits per heavy atom. The van der Waals surface area contributed by atoms with E-state index >= 15 is 0 Å². The standard InChI is InChI=1S/C18H20N2O4/c1-3-9-24-17(22)15-13(11-7-5-4-6-8-11)14-12(10-18(15,2)23)19-20-16(14)21/h3-8,13,15,23H,1,9-10H2,2H3,(H2,19,20,21)/t13-,15+,18+/m0/s1. The van der Waals surface area contributed by atoms with Crippen LogP contribution >= 0.6 is 0 Å². The highest BCUT2D eigenvalue weighted by Crippen LogP contribution is 2.44. The van der Waals surface area contributed by atoms with Gasteiger partial charge in [-0.15, -0.1) is 0 Å². The minimum absolute atomic E-state index is 0.0588. The van der Waals surface area contributed by atoms with Gasteiger partial charge >= 0.3 is 5.97 Å². The predicted molar refractivity (Wildman–Crippen MR) is 88.7 cm³/mol. The smallest absolute Gasteiger partial charge is 0.313 e. The number of carbonyl (C=O) groups excluding carboxylic acids is 1. The minimum Gasteiger partial charge on any atom is -0.461 e. The highest BCUT2D eigenvalue weighted by molar-refractivity contribution is 5.77. The molecule has 1 heterocycles. The first-order valence-corrected chi connectivity index (χ1v) is 7.80. The van der Waals surface area contributed by atoms with Gasteiger partial charge in [0.2, 0.25) is 0 Å². The molecule has 24 heavy (non-hydrogen) atoms. The number of carbonyl (C=O) groups is 1. The lowest BCUT2D eigenvalue weighted by Gasteiger charge is -2.40. The average Bonchev–Trinajstić information content (AvgIpc) is 2.91. The van der Waals surface area contributed by atoms with Crippen molar-refractivity contribution in [3.05, 3.63) is 70.2 Å². The molecule has 6 nitrogen and oxygen atoms in total. The fourth-order valence-corrected chi connectivity index (χ4v) is 3.51. The van der Waals surface area contributed by atoms with E-state index in [1.54, 1.807) is 6.92 Å². The number of hydrogen-bond acceptors (Lipinski definition) is 4. The van der Waals surface area contributed by atoms with Crippen LogP contribution in [0.4, 0.5) is 0 Å². The first-order valence-electron chi connectivity index (χ1n) is 7.80. The monoisotopic (exact) mass is 328 g/mol. The van der Waals surface area contributed by atoms with E-state index in [1.165, 1.54) is 6.08 Å². The molecule has 0 unspecified atom stereocenters. The first kappa shape index (κ1) is 16.3. The topological polar surface area (TPSA) is 95.2 Å². The van der Waals surface area contributed by atoms with Gasteiger partial charge in [-0.3, -0.25) is 14.7 Å². The van der Waals surface area contributed by atoms with Crippen molar-refractivity contribution >= 4 is 5.97 Å². The van der Waals surface area contributed by atoms with E-state index in [0.29, 0.717) is 11.3 Å². The molecular weight excluding hydrogens is 308 g/mol. The number of aromatic amines is 2. The Morgan fingerprint density at radius 2 is 2.12 bits per heavy atom. The molecule has 0 spiro atoms. The number of ether oxygens (including phenoxy) is 1. The number of esters is 1. The third kappa shape index (κ3) is 2.69. The molecule has 0 aliphatic heterocycles. The average molecular weight is 328 g/mol. The molecule has 1 aromatic heterocycles. The molecule has 0 bridgehead atoms. The Kier molecular flexibility index (Phi) is 4.15. The van der Waals surface area contributed by atoms with Crippen LogP contribution in [0.3, 0.4) is 0 Å². The zero-order valence-corrected chi connectivity index (χ0v) is 13.4. The van der Waals surface area contributed by atoms with Crippen LogP contribution in [0.25, 0.3) is 0 Å².